The highest BCUT2D eigenvalue weighted by molar-refractivity contribution is 5.70. The number of nitrogens with two attached hydrogens (primary N) is 1. The van der Waals surface area contributed by atoms with Crippen molar-refractivity contribution in [1.82, 2.24) is 0 Å². The van der Waals surface area contributed by atoms with Crippen LogP contribution in [0.15, 0.2) is 91.5 Å². The zero-order chi connectivity index (χ0) is 16.8. The van der Waals surface area contributed by atoms with Gasteiger partial charge in [-0.05, 0) is 23.6 Å². The molecule has 2 heteroatoms. The fraction of sp³-hybridized carbons (Fsp3) is 0.130. The zero-order valence-corrected chi connectivity index (χ0v) is 15.3. The average Bonchev–Trinajstić information content (AvgIpc) is 2.67. The molecule has 0 unspecified atom stereocenters. The van der Waals surface area contributed by atoms with Crippen LogP contribution in [0.4, 0.5) is 0 Å². The molecular formula is C23H24ClN. The normalized spacial score (nSPS) is 11.4. The van der Waals surface area contributed by atoms with E-state index in [0.717, 1.165) is 6.54 Å². The first-order chi connectivity index (χ1) is 11.7. The highest BCUT2D eigenvalue weighted by Gasteiger charge is 2.12. The van der Waals surface area contributed by atoms with Crippen LogP contribution in [0.25, 0.3) is 16.7 Å². The van der Waals surface area contributed by atoms with Crippen LogP contribution in [0, 0.1) is 0 Å². The van der Waals surface area contributed by atoms with Gasteiger partial charge in [-0.3, -0.25) is 0 Å². The third-order valence-corrected chi connectivity index (χ3v) is 4.46. The Balaban J connectivity index is 0.00000225. The third-order valence-electron chi connectivity index (χ3n) is 4.46. The minimum Gasteiger partial charge on any atom is -1.00 e. The van der Waals surface area contributed by atoms with Gasteiger partial charge >= 0.3 is 0 Å². The Labute approximate surface area is 156 Å². The molecule has 0 heterocycles. The maximum Gasteiger partial charge on any atom is 0.109 e. The summed E-state index contributed by atoms with van der Waals surface area (Å²) in [6.07, 6.45) is 0. The van der Waals surface area contributed by atoms with Gasteiger partial charge in [0.2, 0.25) is 0 Å². The molecular weight excluding hydrogens is 326 g/mol. The van der Waals surface area contributed by atoms with Crippen LogP contribution in [0.3, 0.4) is 0 Å². The monoisotopic (exact) mass is 349 g/mol. The predicted molar refractivity (Wildman–Crippen MR) is 102 cm³/mol. The van der Waals surface area contributed by atoms with Gasteiger partial charge in [0, 0.05) is 11.1 Å². The number of halogens is 1. The first-order valence-corrected chi connectivity index (χ1v) is 8.46. The molecule has 0 radical (unpaired) electrons. The second-order valence-corrected chi connectivity index (χ2v) is 6.18. The van der Waals surface area contributed by atoms with Gasteiger partial charge in [0.1, 0.15) is 12.6 Å². The lowest BCUT2D eigenvalue weighted by Gasteiger charge is -2.14. The van der Waals surface area contributed by atoms with Crippen molar-refractivity contribution in [1.29, 1.82) is 0 Å². The van der Waals surface area contributed by atoms with E-state index in [2.05, 4.69) is 97.7 Å². The van der Waals surface area contributed by atoms with Crippen molar-refractivity contribution in [3.05, 3.63) is 103 Å². The Morgan fingerprint density at radius 3 is 1.92 bits per heavy atom. The van der Waals surface area contributed by atoms with Gasteiger partial charge in [-0.15, -0.1) is 0 Å². The summed E-state index contributed by atoms with van der Waals surface area (Å²) >= 11 is 0. The second kappa shape index (κ2) is 9.22. The SMILES string of the molecule is C=C(c1ccc(-c2ccccc2)cc1)[C@@H](C)[NH2+]Cc1ccccc1.[Cl-]. The molecule has 25 heavy (non-hydrogen) atoms. The summed E-state index contributed by atoms with van der Waals surface area (Å²) in [6.45, 7) is 7.50. The molecule has 0 amide bonds. The van der Waals surface area contributed by atoms with E-state index in [9.17, 15) is 0 Å². The molecule has 0 aliphatic rings. The summed E-state index contributed by atoms with van der Waals surface area (Å²) in [5, 5.41) is 2.34. The summed E-state index contributed by atoms with van der Waals surface area (Å²) in [7, 11) is 0. The Bertz CT molecular complexity index is 779. The van der Waals surface area contributed by atoms with Crippen molar-refractivity contribution in [3.8, 4) is 11.1 Å². The quantitative estimate of drug-likeness (QED) is 0.695. The molecule has 0 saturated heterocycles. The second-order valence-electron chi connectivity index (χ2n) is 6.18. The van der Waals surface area contributed by atoms with Crippen LogP contribution >= 0.6 is 0 Å². The van der Waals surface area contributed by atoms with Crippen LogP contribution in [-0.4, -0.2) is 6.04 Å². The summed E-state index contributed by atoms with van der Waals surface area (Å²) in [4.78, 5) is 0. The van der Waals surface area contributed by atoms with Gasteiger partial charge in [-0.25, -0.2) is 0 Å². The number of benzene rings is 3. The lowest BCUT2D eigenvalue weighted by atomic mass is 9.98. The highest BCUT2D eigenvalue weighted by Crippen LogP contribution is 2.22. The topological polar surface area (TPSA) is 16.6 Å². The summed E-state index contributed by atoms with van der Waals surface area (Å²) < 4.78 is 0. The van der Waals surface area contributed by atoms with Gasteiger partial charge in [0.25, 0.3) is 0 Å². The van der Waals surface area contributed by atoms with E-state index in [1.165, 1.54) is 27.8 Å². The molecule has 0 bridgehead atoms. The van der Waals surface area contributed by atoms with E-state index in [1.54, 1.807) is 0 Å². The standard InChI is InChI=1S/C23H23N.ClH/c1-18(19(2)24-17-20-9-5-3-6-10-20)21-13-15-23(16-14-21)22-11-7-4-8-12-22;/h3-16,19,24H,1,17H2,2H3;1H/t19-;/m1./s1. The summed E-state index contributed by atoms with van der Waals surface area (Å²) in [5.41, 5.74) is 6.22. The molecule has 0 spiro atoms. The fourth-order valence-corrected chi connectivity index (χ4v) is 2.84. The Morgan fingerprint density at radius 2 is 1.32 bits per heavy atom. The van der Waals surface area contributed by atoms with Crippen LogP contribution in [0.1, 0.15) is 18.1 Å². The van der Waals surface area contributed by atoms with E-state index in [0.29, 0.717) is 6.04 Å². The number of hydrogen-bond donors (Lipinski definition) is 1. The Morgan fingerprint density at radius 1 is 0.800 bits per heavy atom. The summed E-state index contributed by atoms with van der Waals surface area (Å²) in [6, 6.07) is 30.1. The van der Waals surface area contributed by atoms with Gasteiger partial charge in [0.15, 0.2) is 0 Å². The molecule has 3 aromatic carbocycles. The maximum absolute atomic E-state index is 4.31. The number of rotatable bonds is 6. The Kier molecular flexibility index (Phi) is 7.00. The average molecular weight is 350 g/mol. The van der Waals surface area contributed by atoms with Gasteiger partial charge in [-0.1, -0.05) is 91.5 Å². The fourth-order valence-electron chi connectivity index (χ4n) is 2.84. The van der Waals surface area contributed by atoms with Crippen LogP contribution in [0.2, 0.25) is 0 Å². The van der Waals surface area contributed by atoms with Crippen molar-refractivity contribution in [2.75, 3.05) is 0 Å². The van der Waals surface area contributed by atoms with Gasteiger partial charge in [-0.2, -0.15) is 0 Å². The Hall–Kier alpha value is -2.35. The molecule has 3 rings (SSSR count). The molecule has 3 aromatic rings. The zero-order valence-electron chi connectivity index (χ0n) is 14.5. The maximum atomic E-state index is 4.31. The molecule has 128 valence electrons. The lowest BCUT2D eigenvalue weighted by Crippen LogP contribution is -3.00. The van der Waals surface area contributed by atoms with E-state index in [-0.39, 0.29) is 12.4 Å². The van der Waals surface area contributed by atoms with E-state index in [1.807, 2.05) is 6.07 Å². The smallest absolute Gasteiger partial charge is 0.109 e. The van der Waals surface area contributed by atoms with Crippen LogP contribution < -0.4 is 17.7 Å². The van der Waals surface area contributed by atoms with Crippen molar-refractivity contribution >= 4 is 5.57 Å². The van der Waals surface area contributed by atoms with Gasteiger partial charge in [0.05, 0.1) is 0 Å². The van der Waals surface area contributed by atoms with E-state index in [4.69, 9.17) is 0 Å². The molecule has 0 aliphatic heterocycles. The van der Waals surface area contributed by atoms with Crippen molar-refractivity contribution in [2.45, 2.75) is 19.5 Å². The predicted octanol–water partition coefficient (Wildman–Crippen LogP) is 1.52. The summed E-state index contributed by atoms with van der Waals surface area (Å²) in [5.74, 6) is 0. The molecule has 0 saturated carbocycles. The molecule has 0 fully saturated rings. The van der Waals surface area contributed by atoms with Crippen LogP contribution in [-0.2, 0) is 6.54 Å². The highest BCUT2D eigenvalue weighted by atomic mass is 35.5. The number of hydrogen-bond acceptors (Lipinski definition) is 0. The van der Waals surface area contributed by atoms with E-state index < -0.39 is 0 Å². The molecule has 0 aromatic heterocycles. The minimum absolute atomic E-state index is 0. The van der Waals surface area contributed by atoms with Crippen molar-refractivity contribution < 1.29 is 17.7 Å². The third kappa shape index (κ3) is 5.06. The lowest BCUT2D eigenvalue weighted by molar-refractivity contribution is -0.688. The van der Waals surface area contributed by atoms with Crippen molar-refractivity contribution in [2.24, 2.45) is 0 Å². The van der Waals surface area contributed by atoms with Gasteiger partial charge < -0.3 is 17.7 Å². The molecule has 1 atom stereocenters. The molecule has 0 aliphatic carbocycles. The van der Waals surface area contributed by atoms with E-state index >= 15 is 0 Å². The van der Waals surface area contributed by atoms with Crippen LogP contribution in [0.5, 0.6) is 0 Å². The minimum atomic E-state index is 0. The number of quaternary nitrogens is 1. The largest absolute Gasteiger partial charge is 1.00 e. The first kappa shape index (κ1) is 19.0. The van der Waals surface area contributed by atoms with Crippen molar-refractivity contribution in [3.63, 3.8) is 0 Å². The molecule has 1 nitrogen and oxygen atoms in total. The first-order valence-electron chi connectivity index (χ1n) is 8.46. The molecule has 2 N–H and O–H groups in total.